The third kappa shape index (κ3) is 3.80. The fraction of sp³-hybridized carbons (Fsp3) is 0.0385. The first kappa shape index (κ1) is 20.4. The first-order chi connectivity index (χ1) is 16.2. The Labute approximate surface area is 189 Å². The number of allylic oxidation sites excluding steroid dienone is 3. The van der Waals surface area contributed by atoms with Crippen molar-refractivity contribution in [2.75, 3.05) is 0 Å². The molecule has 1 aromatic carbocycles. The van der Waals surface area contributed by atoms with Crippen LogP contribution in [0.5, 0.6) is 0 Å². The van der Waals surface area contributed by atoms with Crippen LogP contribution in [0, 0.1) is 5.82 Å². The van der Waals surface area contributed by atoms with Crippen LogP contribution in [0.4, 0.5) is 4.39 Å². The number of aromatic nitrogens is 5. The standard InChI is InChI=1S/C26H21FN6/c1-3-6-17(14-28-4-2)18-12-21-25(32-33-26(21)30-15-18)23-13-20-22(31-23)9-10-29-24(20)16-7-5-8-19(27)11-16/h3-15,28,31H,2H2,1H3,(H,30,32,33)/b6-3-,17-14+. The average molecular weight is 436 g/mol. The summed E-state index contributed by atoms with van der Waals surface area (Å²) in [7, 11) is 0. The number of aromatic amines is 2. The second kappa shape index (κ2) is 8.55. The Hall–Kier alpha value is -4.52. The summed E-state index contributed by atoms with van der Waals surface area (Å²) in [5, 5.41) is 12.3. The molecular formula is C26H21FN6. The Morgan fingerprint density at radius 1 is 1.12 bits per heavy atom. The second-order valence-corrected chi connectivity index (χ2v) is 7.48. The van der Waals surface area contributed by atoms with Crippen LogP contribution in [-0.4, -0.2) is 25.1 Å². The summed E-state index contributed by atoms with van der Waals surface area (Å²) in [6.45, 7) is 5.66. The molecule has 5 rings (SSSR count). The zero-order valence-electron chi connectivity index (χ0n) is 17.9. The summed E-state index contributed by atoms with van der Waals surface area (Å²) in [6.07, 6.45) is 11.0. The van der Waals surface area contributed by atoms with Crippen molar-refractivity contribution in [3.8, 4) is 22.6 Å². The van der Waals surface area contributed by atoms with Crippen LogP contribution < -0.4 is 5.32 Å². The molecule has 4 heterocycles. The number of H-pyrrole nitrogens is 2. The van der Waals surface area contributed by atoms with E-state index in [0.29, 0.717) is 11.3 Å². The highest BCUT2D eigenvalue weighted by Crippen LogP contribution is 2.33. The van der Waals surface area contributed by atoms with Crippen LogP contribution in [-0.2, 0) is 0 Å². The average Bonchev–Trinajstić information content (AvgIpc) is 3.45. The molecule has 0 atom stereocenters. The summed E-state index contributed by atoms with van der Waals surface area (Å²) >= 11 is 0. The first-order valence-electron chi connectivity index (χ1n) is 10.5. The summed E-state index contributed by atoms with van der Waals surface area (Å²) in [4.78, 5) is 12.5. The van der Waals surface area contributed by atoms with Crippen molar-refractivity contribution in [1.82, 2.24) is 30.5 Å². The number of benzene rings is 1. The van der Waals surface area contributed by atoms with Gasteiger partial charge in [-0.25, -0.2) is 9.37 Å². The van der Waals surface area contributed by atoms with E-state index in [1.54, 1.807) is 24.7 Å². The SMILES string of the molecule is C=CN/C=C(\C=C/C)c1cnc2n[nH]c(-c3cc4c(-c5cccc(F)c5)nccc4[nH]3)c2c1. The second-order valence-electron chi connectivity index (χ2n) is 7.48. The van der Waals surface area contributed by atoms with Crippen LogP contribution in [0.15, 0.2) is 86.0 Å². The van der Waals surface area contributed by atoms with Gasteiger partial charge >= 0.3 is 0 Å². The highest BCUT2D eigenvalue weighted by atomic mass is 19.1. The molecule has 0 unspecified atom stereocenters. The molecule has 0 aliphatic carbocycles. The minimum atomic E-state index is -0.295. The first-order valence-corrected chi connectivity index (χ1v) is 10.5. The Morgan fingerprint density at radius 3 is 2.85 bits per heavy atom. The van der Waals surface area contributed by atoms with Crippen molar-refractivity contribution in [2.24, 2.45) is 0 Å². The molecule has 0 amide bonds. The lowest BCUT2D eigenvalue weighted by Gasteiger charge is -2.03. The summed E-state index contributed by atoms with van der Waals surface area (Å²) in [5.41, 5.74) is 6.52. The van der Waals surface area contributed by atoms with Crippen LogP contribution in [0.25, 0.3) is 50.2 Å². The largest absolute Gasteiger partial charge is 0.368 e. The van der Waals surface area contributed by atoms with Gasteiger partial charge in [0.15, 0.2) is 5.65 Å². The van der Waals surface area contributed by atoms with Crippen molar-refractivity contribution >= 4 is 27.5 Å². The smallest absolute Gasteiger partial charge is 0.181 e. The molecule has 0 spiro atoms. The predicted molar refractivity (Wildman–Crippen MR) is 130 cm³/mol. The quantitative estimate of drug-likeness (QED) is 0.287. The fourth-order valence-corrected chi connectivity index (χ4v) is 3.87. The maximum absolute atomic E-state index is 13.8. The number of fused-ring (bicyclic) bond motifs is 2. The van der Waals surface area contributed by atoms with Crippen molar-refractivity contribution in [2.45, 2.75) is 6.92 Å². The number of hydrogen-bond acceptors (Lipinski definition) is 4. The molecule has 162 valence electrons. The Bertz CT molecular complexity index is 1540. The molecule has 4 aromatic heterocycles. The van der Waals surface area contributed by atoms with Crippen LogP contribution in [0.3, 0.4) is 0 Å². The summed E-state index contributed by atoms with van der Waals surface area (Å²) in [5.74, 6) is -0.295. The summed E-state index contributed by atoms with van der Waals surface area (Å²) < 4.78 is 13.8. The van der Waals surface area contributed by atoms with E-state index in [4.69, 9.17) is 0 Å². The van der Waals surface area contributed by atoms with Crippen LogP contribution in [0.2, 0.25) is 0 Å². The summed E-state index contributed by atoms with van der Waals surface area (Å²) in [6, 6.07) is 12.4. The van der Waals surface area contributed by atoms with Gasteiger partial charge in [0.1, 0.15) is 5.82 Å². The molecule has 6 nitrogen and oxygen atoms in total. The van der Waals surface area contributed by atoms with E-state index in [-0.39, 0.29) is 5.82 Å². The minimum absolute atomic E-state index is 0.295. The van der Waals surface area contributed by atoms with Gasteiger partial charge in [-0.05, 0) is 49.0 Å². The predicted octanol–water partition coefficient (Wildman–Crippen LogP) is 5.96. The third-order valence-electron chi connectivity index (χ3n) is 5.36. The number of rotatable bonds is 6. The lowest BCUT2D eigenvalue weighted by Crippen LogP contribution is -1.94. The Kier molecular flexibility index (Phi) is 5.28. The van der Waals surface area contributed by atoms with E-state index < -0.39 is 0 Å². The maximum Gasteiger partial charge on any atom is 0.181 e. The van der Waals surface area contributed by atoms with Crippen molar-refractivity contribution in [3.05, 3.63) is 97.4 Å². The van der Waals surface area contributed by atoms with E-state index in [9.17, 15) is 4.39 Å². The normalized spacial score (nSPS) is 12.1. The molecule has 0 aliphatic heterocycles. The van der Waals surface area contributed by atoms with Gasteiger partial charge in [0.05, 0.1) is 17.1 Å². The highest BCUT2D eigenvalue weighted by Gasteiger charge is 2.15. The van der Waals surface area contributed by atoms with Crippen LogP contribution >= 0.6 is 0 Å². The molecule has 3 N–H and O–H groups in total. The molecule has 0 bridgehead atoms. The fourth-order valence-electron chi connectivity index (χ4n) is 3.87. The molecule has 33 heavy (non-hydrogen) atoms. The van der Waals surface area contributed by atoms with Crippen molar-refractivity contribution in [1.29, 1.82) is 0 Å². The number of pyridine rings is 2. The zero-order chi connectivity index (χ0) is 22.8. The van der Waals surface area contributed by atoms with Gasteiger partial charge in [-0.2, -0.15) is 5.10 Å². The monoisotopic (exact) mass is 436 g/mol. The van der Waals surface area contributed by atoms with Gasteiger partial charge in [0.25, 0.3) is 0 Å². The van der Waals surface area contributed by atoms with Gasteiger partial charge in [-0.1, -0.05) is 30.9 Å². The molecule has 0 fully saturated rings. The number of halogens is 1. The lowest BCUT2D eigenvalue weighted by molar-refractivity contribution is 0.628. The van der Waals surface area contributed by atoms with Crippen molar-refractivity contribution < 1.29 is 4.39 Å². The molecule has 0 radical (unpaired) electrons. The van der Waals surface area contributed by atoms with E-state index >= 15 is 0 Å². The highest BCUT2D eigenvalue weighted by molar-refractivity contribution is 5.99. The maximum atomic E-state index is 13.8. The number of nitrogens with zero attached hydrogens (tertiary/aromatic N) is 3. The third-order valence-corrected chi connectivity index (χ3v) is 5.36. The van der Waals surface area contributed by atoms with Gasteiger partial charge in [-0.15, -0.1) is 0 Å². The number of nitrogens with one attached hydrogen (secondary N) is 3. The zero-order valence-corrected chi connectivity index (χ0v) is 17.9. The van der Waals surface area contributed by atoms with Crippen molar-refractivity contribution in [3.63, 3.8) is 0 Å². The minimum Gasteiger partial charge on any atom is -0.368 e. The van der Waals surface area contributed by atoms with E-state index in [1.165, 1.54) is 12.1 Å². The van der Waals surface area contributed by atoms with Gasteiger partial charge < -0.3 is 10.3 Å². The molecule has 5 aromatic rings. The molecule has 0 saturated heterocycles. The topological polar surface area (TPSA) is 82.3 Å². The van der Waals surface area contributed by atoms with Gasteiger partial charge in [0, 0.05) is 46.0 Å². The molecular weight excluding hydrogens is 415 g/mol. The van der Waals surface area contributed by atoms with Crippen LogP contribution in [0.1, 0.15) is 12.5 Å². The molecule has 0 saturated carbocycles. The van der Waals surface area contributed by atoms with Gasteiger partial charge in [-0.3, -0.25) is 10.1 Å². The Morgan fingerprint density at radius 2 is 2.03 bits per heavy atom. The van der Waals surface area contributed by atoms with E-state index in [2.05, 4.69) is 43.1 Å². The lowest BCUT2D eigenvalue weighted by atomic mass is 10.1. The van der Waals surface area contributed by atoms with E-state index in [0.717, 1.165) is 44.4 Å². The molecule has 0 aliphatic rings. The Balaban J connectivity index is 1.64. The molecule has 7 heteroatoms. The van der Waals surface area contributed by atoms with E-state index in [1.807, 2.05) is 43.5 Å². The van der Waals surface area contributed by atoms with Gasteiger partial charge in [0.2, 0.25) is 0 Å². The number of hydrogen-bond donors (Lipinski definition) is 3.